The van der Waals surface area contributed by atoms with Crippen LogP contribution in [0.5, 0.6) is 0 Å². The fourth-order valence-electron chi connectivity index (χ4n) is 3.09. The zero-order valence-electron chi connectivity index (χ0n) is 13.3. The zero-order valence-corrected chi connectivity index (χ0v) is 14.1. The Bertz CT molecular complexity index is 886. The Labute approximate surface area is 142 Å². The molecule has 6 nitrogen and oxygen atoms in total. The molecule has 1 saturated heterocycles. The lowest BCUT2D eigenvalue weighted by molar-refractivity contribution is 0.0513. The summed E-state index contributed by atoms with van der Waals surface area (Å²) >= 11 is 1.63. The van der Waals surface area contributed by atoms with Gasteiger partial charge in [0, 0.05) is 33.2 Å². The fourth-order valence-corrected chi connectivity index (χ4v) is 3.93. The molecule has 0 saturated carbocycles. The van der Waals surface area contributed by atoms with E-state index >= 15 is 0 Å². The van der Waals surface area contributed by atoms with Crippen molar-refractivity contribution in [3.05, 3.63) is 47.4 Å². The Kier molecular flexibility index (Phi) is 3.65. The minimum Gasteiger partial charge on any atom is -0.459 e. The van der Waals surface area contributed by atoms with E-state index < -0.39 is 0 Å². The highest BCUT2D eigenvalue weighted by atomic mass is 32.1. The topological polar surface area (TPSA) is 58.7 Å². The van der Waals surface area contributed by atoms with Crippen LogP contribution in [0.2, 0.25) is 0 Å². The lowest BCUT2D eigenvalue weighted by Gasteiger charge is -2.34. The minimum atomic E-state index is -0.119. The predicted molar refractivity (Wildman–Crippen MR) is 91.3 cm³/mol. The highest BCUT2D eigenvalue weighted by Gasteiger charge is 2.28. The minimum absolute atomic E-state index is 0.0194. The summed E-state index contributed by atoms with van der Waals surface area (Å²) in [6.07, 6.45) is 1.49. The first-order valence-corrected chi connectivity index (χ1v) is 8.68. The molecule has 3 aromatic rings. The molecule has 0 aromatic carbocycles. The molecule has 1 aliphatic heterocycles. The fraction of sp³-hybridized carbons (Fsp3) is 0.294. The summed E-state index contributed by atoms with van der Waals surface area (Å²) < 4.78 is 8.22. The number of aryl methyl sites for hydroxylation is 1. The number of piperazine rings is 1. The van der Waals surface area contributed by atoms with Gasteiger partial charge in [0.05, 0.1) is 16.5 Å². The van der Waals surface area contributed by atoms with Gasteiger partial charge < -0.3 is 18.8 Å². The predicted octanol–water partition coefficient (Wildman–Crippen LogP) is 2.43. The number of rotatable bonds is 2. The van der Waals surface area contributed by atoms with Crippen molar-refractivity contribution in [1.82, 2.24) is 14.4 Å². The molecule has 1 fully saturated rings. The second kappa shape index (κ2) is 5.83. The van der Waals surface area contributed by atoms with Crippen molar-refractivity contribution in [1.29, 1.82) is 0 Å². The molecule has 0 aliphatic carbocycles. The first-order chi connectivity index (χ1) is 11.6. The Morgan fingerprint density at radius 1 is 1.08 bits per heavy atom. The van der Waals surface area contributed by atoms with Gasteiger partial charge in [-0.3, -0.25) is 9.59 Å². The van der Waals surface area contributed by atoms with E-state index in [2.05, 4.69) is 0 Å². The Morgan fingerprint density at radius 3 is 2.42 bits per heavy atom. The molecule has 0 bridgehead atoms. The first kappa shape index (κ1) is 15.0. The molecular formula is C17H17N3O3S. The van der Waals surface area contributed by atoms with Gasteiger partial charge in [-0.2, -0.15) is 0 Å². The maximum atomic E-state index is 12.8. The number of aromatic nitrogens is 1. The van der Waals surface area contributed by atoms with Gasteiger partial charge in [-0.1, -0.05) is 0 Å². The molecule has 1 aliphatic rings. The van der Waals surface area contributed by atoms with Gasteiger partial charge in [-0.15, -0.1) is 11.3 Å². The molecular weight excluding hydrogens is 326 g/mol. The summed E-state index contributed by atoms with van der Waals surface area (Å²) in [5.74, 6) is 0.245. The summed E-state index contributed by atoms with van der Waals surface area (Å²) in [5.41, 5.74) is 1.78. The van der Waals surface area contributed by atoms with Crippen LogP contribution in [0.25, 0.3) is 10.2 Å². The molecule has 3 aromatic heterocycles. The number of amides is 2. The molecule has 24 heavy (non-hydrogen) atoms. The summed E-state index contributed by atoms with van der Waals surface area (Å²) in [7, 11) is 1.92. The standard InChI is InChI=1S/C17H17N3O3S/c1-18-12-4-10-24-15(12)11-13(18)16(21)19-5-7-20(8-6-19)17(22)14-3-2-9-23-14/h2-4,9-11H,5-8H2,1H3. The second-order valence-electron chi connectivity index (χ2n) is 5.82. The van der Waals surface area contributed by atoms with Crippen LogP contribution < -0.4 is 0 Å². The number of furan rings is 1. The van der Waals surface area contributed by atoms with E-state index in [0.29, 0.717) is 37.6 Å². The first-order valence-electron chi connectivity index (χ1n) is 7.80. The van der Waals surface area contributed by atoms with Crippen molar-refractivity contribution < 1.29 is 14.0 Å². The van der Waals surface area contributed by atoms with E-state index in [1.807, 2.05) is 34.0 Å². The van der Waals surface area contributed by atoms with Gasteiger partial charge >= 0.3 is 0 Å². The van der Waals surface area contributed by atoms with Gasteiger partial charge in [0.15, 0.2) is 5.76 Å². The number of nitrogens with zero attached hydrogens (tertiary/aromatic N) is 3. The molecule has 0 radical (unpaired) electrons. The molecule has 124 valence electrons. The number of fused-ring (bicyclic) bond motifs is 1. The van der Waals surface area contributed by atoms with Crippen molar-refractivity contribution in [2.45, 2.75) is 0 Å². The second-order valence-corrected chi connectivity index (χ2v) is 6.77. The van der Waals surface area contributed by atoms with Crippen molar-refractivity contribution in [3.8, 4) is 0 Å². The lowest BCUT2D eigenvalue weighted by atomic mass is 10.2. The van der Waals surface area contributed by atoms with Crippen molar-refractivity contribution in [2.24, 2.45) is 7.05 Å². The lowest BCUT2D eigenvalue weighted by Crippen LogP contribution is -2.50. The van der Waals surface area contributed by atoms with Gasteiger partial charge in [0.2, 0.25) is 0 Å². The third-order valence-electron chi connectivity index (χ3n) is 4.47. The number of hydrogen-bond donors (Lipinski definition) is 0. The van der Waals surface area contributed by atoms with E-state index in [-0.39, 0.29) is 11.8 Å². The molecule has 7 heteroatoms. The van der Waals surface area contributed by atoms with Crippen LogP contribution in [0.1, 0.15) is 21.0 Å². The average molecular weight is 343 g/mol. The summed E-state index contributed by atoms with van der Waals surface area (Å²) in [6.45, 7) is 2.10. The van der Waals surface area contributed by atoms with E-state index in [1.54, 1.807) is 28.4 Å². The molecule has 0 N–H and O–H groups in total. The van der Waals surface area contributed by atoms with E-state index in [4.69, 9.17) is 4.42 Å². The van der Waals surface area contributed by atoms with Crippen LogP contribution in [0.15, 0.2) is 40.3 Å². The van der Waals surface area contributed by atoms with Crippen LogP contribution in [-0.4, -0.2) is 52.4 Å². The van der Waals surface area contributed by atoms with Crippen LogP contribution in [-0.2, 0) is 7.05 Å². The molecule has 0 spiro atoms. The van der Waals surface area contributed by atoms with E-state index in [1.165, 1.54) is 6.26 Å². The van der Waals surface area contributed by atoms with Crippen LogP contribution in [0.3, 0.4) is 0 Å². The Balaban J connectivity index is 1.45. The van der Waals surface area contributed by atoms with Gasteiger partial charge in [-0.05, 0) is 29.6 Å². The van der Waals surface area contributed by atoms with E-state index in [9.17, 15) is 9.59 Å². The molecule has 4 rings (SSSR count). The highest BCUT2D eigenvalue weighted by Crippen LogP contribution is 2.25. The SMILES string of the molecule is Cn1c(C(=O)N2CCN(C(=O)c3ccco3)CC2)cc2sccc21. The largest absolute Gasteiger partial charge is 0.459 e. The smallest absolute Gasteiger partial charge is 0.289 e. The normalized spacial score (nSPS) is 15.2. The Hall–Kier alpha value is -2.54. The molecule has 4 heterocycles. The zero-order chi connectivity index (χ0) is 16.7. The van der Waals surface area contributed by atoms with Crippen LogP contribution in [0, 0.1) is 0 Å². The quantitative estimate of drug-likeness (QED) is 0.718. The van der Waals surface area contributed by atoms with Crippen LogP contribution in [0.4, 0.5) is 0 Å². The molecule has 0 atom stereocenters. The third kappa shape index (κ3) is 2.41. The number of carbonyl (C=O) groups excluding carboxylic acids is 2. The van der Waals surface area contributed by atoms with Crippen molar-refractivity contribution >= 4 is 33.4 Å². The van der Waals surface area contributed by atoms with Gasteiger partial charge in [0.25, 0.3) is 11.8 Å². The molecule has 2 amide bonds. The number of carbonyl (C=O) groups is 2. The number of hydrogen-bond acceptors (Lipinski definition) is 4. The third-order valence-corrected chi connectivity index (χ3v) is 5.32. The number of thiophene rings is 1. The summed E-state index contributed by atoms with van der Waals surface area (Å²) in [4.78, 5) is 28.6. The van der Waals surface area contributed by atoms with E-state index in [0.717, 1.165) is 10.2 Å². The van der Waals surface area contributed by atoms with Crippen molar-refractivity contribution in [2.75, 3.05) is 26.2 Å². The molecule has 0 unspecified atom stereocenters. The van der Waals surface area contributed by atoms with Gasteiger partial charge in [0.1, 0.15) is 5.69 Å². The van der Waals surface area contributed by atoms with Gasteiger partial charge in [-0.25, -0.2) is 0 Å². The summed E-state index contributed by atoms with van der Waals surface area (Å²) in [6, 6.07) is 7.34. The highest BCUT2D eigenvalue weighted by molar-refractivity contribution is 7.17. The Morgan fingerprint density at radius 2 is 1.79 bits per heavy atom. The monoisotopic (exact) mass is 343 g/mol. The van der Waals surface area contributed by atoms with Crippen molar-refractivity contribution in [3.63, 3.8) is 0 Å². The average Bonchev–Trinajstić information content (AvgIpc) is 3.33. The maximum Gasteiger partial charge on any atom is 0.289 e. The van der Waals surface area contributed by atoms with Crippen LogP contribution >= 0.6 is 11.3 Å². The summed E-state index contributed by atoms with van der Waals surface area (Å²) in [5, 5.41) is 2.03. The maximum absolute atomic E-state index is 12.8.